The number of ether oxygens (including phenoxy) is 1. The summed E-state index contributed by atoms with van der Waals surface area (Å²) in [6.45, 7) is 1.74. The standard InChI is InChI=1S/C15H12F3NO2/c1-9-3-4-13(21-2)10(7-9)14(20)11-8-19-6-5-12(11)15(16,17)18/h3-8H,1-2H3. The van der Waals surface area contributed by atoms with Crippen LogP contribution in [0.25, 0.3) is 0 Å². The third kappa shape index (κ3) is 3.04. The van der Waals surface area contributed by atoms with Crippen LogP contribution in [0.2, 0.25) is 0 Å². The van der Waals surface area contributed by atoms with Gasteiger partial charge in [0.25, 0.3) is 0 Å². The van der Waals surface area contributed by atoms with Gasteiger partial charge in [0.1, 0.15) is 5.75 Å². The molecule has 0 spiro atoms. The molecule has 3 nitrogen and oxygen atoms in total. The largest absolute Gasteiger partial charge is 0.496 e. The minimum atomic E-state index is -4.62. The van der Waals surface area contributed by atoms with Gasteiger partial charge in [0.15, 0.2) is 5.78 Å². The third-order valence-electron chi connectivity index (χ3n) is 2.97. The van der Waals surface area contributed by atoms with Crippen molar-refractivity contribution in [2.24, 2.45) is 0 Å². The second-order valence-electron chi connectivity index (χ2n) is 4.45. The molecule has 2 aromatic rings. The minimum absolute atomic E-state index is 0.0796. The summed E-state index contributed by atoms with van der Waals surface area (Å²) in [5, 5.41) is 0. The van der Waals surface area contributed by atoms with Crippen LogP contribution in [0.5, 0.6) is 5.75 Å². The number of hydrogen-bond acceptors (Lipinski definition) is 3. The molecule has 6 heteroatoms. The minimum Gasteiger partial charge on any atom is -0.496 e. The third-order valence-corrected chi connectivity index (χ3v) is 2.97. The molecule has 0 amide bonds. The van der Waals surface area contributed by atoms with Crippen LogP contribution in [0.15, 0.2) is 36.7 Å². The molecule has 0 saturated heterocycles. The van der Waals surface area contributed by atoms with Crippen molar-refractivity contribution in [3.63, 3.8) is 0 Å². The number of methoxy groups -OCH3 is 1. The SMILES string of the molecule is COc1ccc(C)cc1C(=O)c1cnccc1C(F)(F)F. The molecule has 0 aliphatic carbocycles. The zero-order valence-corrected chi connectivity index (χ0v) is 11.4. The quantitative estimate of drug-likeness (QED) is 0.811. The van der Waals surface area contributed by atoms with Gasteiger partial charge < -0.3 is 4.74 Å². The van der Waals surface area contributed by atoms with Crippen molar-refractivity contribution in [2.45, 2.75) is 13.1 Å². The molecule has 0 aliphatic heterocycles. The van der Waals surface area contributed by atoms with Crippen LogP contribution in [0.4, 0.5) is 13.2 Å². The Hall–Kier alpha value is -2.37. The number of carbonyl (C=O) groups is 1. The fraction of sp³-hybridized carbons (Fsp3) is 0.200. The Morgan fingerprint density at radius 3 is 2.52 bits per heavy atom. The Morgan fingerprint density at radius 2 is 1.90 bits per heavy atom. The number of rotatable bonds is 3. The Kier molecular flexibility index (Phi) is 3.97. The van der Waals surface area contributed by atoms with Gasteiger partial charge in [-0.1, -0.05) is 11.6 Å². The number of halogens is 3. The first kappa shape index (κ1) is 15.0. The molecule has 0 bridgehead atoms. The normalized spacial score (nSPS) is 11.3. The van der Waals surface area contributed by atoms with Gasteiger partial charge in [0.2, 0.25) is 0 Å². The molecule has 0 aliphatic rings. The average Bonchev–Trinajstić information content (AvgIpc) is 2.45. The van der Waals surface area contributed by atoms with E-state index in [0.29, 0.717) is 0 Å². The predicted molar refractivity (Wildman–Crippen MR) is 70.4 cm³/mol. The number of aryl methyl sites for hydroxylation is 1. The number of carbonyl (C=O) groups excluding carboxylic acids is 1. The summed E-state index contributed by atoms with van der Waals surface area (Å²) in [4.78, 5) is 16.0. The van der Waals surface area contributed by atoms with E-state index in [2.05, 4.69) is 4.98 Å². The summed E-state index contributed by atoms with van der Waals surface area (Å²) in [5.41, 5.74) is -0.674. The van der Waals surface area contributed by atoms with Gasteiger partial charge in [-0.15, -0.1) is 0 Å². The lowest BCUT2D eigenvalue weighted by Gasteiger charge is -2.13. The van der Waals surface area contributed by atoms with Gasteiger partial charge in [-0.05, 0) is 25.1 Å². The van der Waals surface area contributed by atoms with Gasteiger partial charge in [-0.2, -0.15) is 13.2 Å². The highest BCUT2D eigenvalue weighted by Crippen LogP contribution is 2.33. The number of pyridine rings is 1. The summed E-state index contributed by atoms with van der Waals surface area (Å²) in [6, 6.07) is 5.54. The van der Waals surface area contributed by atoms with Crippen LogP contribution in [0.1, 0.15) is 27.0 Å². The summed E-state index contributed by atoms with van der Waals surface area (Å²) in [6.07, 6.45) is -2.69. The lowest BCUT2D eigenvalue weighted by atomic mass is 9.98. The van der Waals surface area contributed by atoms with E-state index in [1.165, 1.54) is 13.2 Å². The Bertz CT molecular complexity index is 681. The van der Waals surface area contributed by atoms with Gasteiger partial charge in [0, 0.05) is 12.4 Å². The van der Waals surface area contributed by atoms with Crippen molar-refractivity contribution < 1.29 is 22.7 Å². The Morgan fingerprint density at radius 1 is 1.19 bits per heavy atom. The molecule has 1 aromatic heterocycles. The number of aromatic nitrogens is 1. The molecular weight excluding hydrogens is 283 g/mol. The van der Waals surface area contributed by atoms with Crippen LogP contribution in [-0.4, -0.2) is 17.9 Å². The second kappa shape index (κ2) is 5.55. The highest BCUT2D eigenvalue weighted by Gasteiger charge is 2.35. The van der Waals surface area contributed by atoms with Crippen LogP contribution >= 0.6 is 0 Å². The van der Waals surface area contributed by atoms with E-state index in [4.69, 9.17) is 4.74 Å². The number of ketones is 1. The first-order chi connectivity index (χ1) is 9.84. The highest BCUT2D eigenvalue weighted by molar-refractivity contribution is 6.11. The van der Waals surface area contributed by atoms with E-state index in [1.54, 1.807) is 19.1 Å². The first-order valence-corrected chi connectivity index (χ1v) is 6.05. The average molecular weight is 295 g/mol. The summed E-state index contributed by atoms with van der Waals surface area (Å²) < 4.78 is 44.0. The maximum Gasteiger partial charge on any atom is 0.417 e. The van der Waals surface area contributed by atoms with Crippen molar-refractivity contribution >= 4 is 5.78 Å². The number of hydrogen-bond donors (Lipinski definition) is 0. The molecule has 1 heterocycles. The molecule has 0 atom stereocenters. The van der Waals surface area contributed by atoms with E-state index in [9.17, 15) is 18.0 Å². The Balaban J connectivity index is 2.59. The van der Waals surface area contributed by atoms with E-state index in [1.807, 2.05) is 0 Å². The van der Waals surface area contributed by atoms with Crippen LogP contribution in [0.3, 0.4) is 0 Å². The Labute approximate surface area is 119 Å². The van der Waals surface area contributed by atoms with Crippen LogP contribution < -0.4 is 4.74 Å². The van der Waals surface area contributed by atoms with Gasteiger partial charge in [0.05, 0.1) is 23.8 Å². The lowest BCUT2D eigenvalue weighted by Crippen LogP contribution is -2.15. The molecule has 0 N–H and O–H groups in total. The maximum absolute atomic E-state index is 13.0. The topological polar surface area (TPSA) is 39.2 Å². The van der Waals surface area contributed by atoms with Crippen molar-refractivity contribution in [1.82, 2.24) is 4.98 Å². The summed E-state index contributed by atoms with van der Waals surface area (Å²) >= 11 is 0. The zero-order valence-electron chi connectivity index (χ0n) is 11.4. The molecule has 0 radical (unpaired) electrons. The number of benzene rings is 1. The molecule has 110 valence electrons. The van der Waals surface area contributed by atoms with Crippen LogP contribution in [0, 0.1) is 6.92 Å². The fourth-order valence-corrected chi connectivity index (χ4v) is 1.97. The number of nitrogens with zero attached hydrogens (tertiary/aromatic N) is 1. The van der Waals surface area contributed by atoms with Crippen molar-refractivity contribution in [3.8, 4) is 5.75 Å². The second-order valence-corrected chi connectivity index (χ2v) is 4.45. The summed E-state index contributed by atoms with van der Waals surface area (Å²) in [5.74, 6) is -0.543. The monoisotopic (exact) mass is 295 g/mol. The van der Waals surface area contributed by atoms with E-state index in [0.717, 1.165) is 24.0 Å². The zero-order chi connectivity index (χ0) is 15.6. The summed E-state index contributed by atoms with van der Waals surface area (Å²) in [7, 11) is 1.36. The van der Waals surface area contributed by atoms with Crippen molar-refractivity contribution in [2.75, 3.05) is 7.11 Å². The fourth-order valence-electron chi connectivity index (χ4n) is 1.97. The van der Waals surface area contributed by atoms with Gasteiger partial charge in [-0.3, -0.25) is 9.78 Å². The maximum atomic E-state index is 13.0. The molecule has 2 rings (SSSR count). The predicted octanol–water partition coefficient (Wildman–Crippen LogP) is 3.65. The highest BCUT2D eigenvalue weighted by atomic mass is 19.4. The molecule has 21 heavy (non-hydrogen) atoms. The molecular formula is C15H12F3NO2. The molecule has 0 fully saturated rings. The number of alkyl halides is 3. The van der Waals surface area contributed by atoms with E-state index < -0.39 is 23.1 Å². The van der Waals surface area contributed by atoms with Crippen LogP contribution in [-0.2, 0) is 6.18 Å². The van der Waals surface area contributed by atoms with Gasteiger partial charge >= 0.3 is 6.18 Å². The van der Waals surface area contributed by atoms with Crippen molar-refractivity contribution in [1.29, 1.82) is 0 Å². The molecule has 0 saturated carbocycles. The molecule has 0 unspecified atom stereocenters. The van der Waals surface area contributed by atoms with Crippen molar-refractivity contribution in [3.05, 3.63) is 58.9 Å². The van der Waals surface area contributed by atoms with E-state index >= 15 is 0 Å². The first-order valence-electron chi connectivity index (χ1n) is 6.05. The lowest BCUT2D eigenvalue weighted by molar-refractivity contribution is -0.137. The smallest absolute Gasteiger partial charge is 0.417 e. The molecule has 1 aromatic carbocycles. The van der Waals surface area contributed by atoms with E-state index in [-0.39, 0.29) is 11.3 Å². The van der Waals surface area contributed by atoms with Gasteiger partial charge in [-0.25, -0.2) is 0 Å².